The van der Waals surface area contributed by atoms with Gasteiger partial charge in [0, 0.05) is 17.2 Å². The van der Waals surface area contributed by atoms with Gasteiger partial charge in [0.15, 0.2) is 4.75 Å². The summed E-state index contributed by atoms with van der Waals surface area (Å²) in [6, 6.07) is 11.9. The maximum absolute atomic E-state index is 13.0. The average molecular weight is 494 g/mol. The quantitative estimate of drug-likeness (QED) is 0.239. The smallest absolute Gasteiger partial charge is 0.283 e. The highest BCUT2D eigenvalue weighted by Crippen LogP contribution is 2.54. The zero-order valence-corrected chi connectivity index (χ0v) is 18.1. The van der Waals surface area contributed by atoms with Crippen LogP contribution in [0.15, 0.2) is 54.6 Å². The second-order valence-corrected chi connectivity index (χ2v) is 9.20. The number of phenolic OH excluding ortho intramolecular Hbond substituents is 2. The lowest BCUT2D eigenvalue weighted by Gasteiger charge is -2.34. The summed E-state index contributed by atoms with van der Waals surface area (Å²) in [6.45, 7) is 0. The maximum atomic E-state index is 13.0. The lowest BCUT2D eigenvalue weighted by molar-refractivity contribution is 0.431. The molecule has 3 rings (SSSR count). The minimum atomic E-state index is -5.13. The van der Waals surface area contributed by atoms with Gasteiger partial charge in [0.05, 0.1) is 20.1 Å². The highest BCUT2D eigenvalue weighted by molar-refractivity contribution is 7.87. The van der Waals surface area contributed by atoms with Crippen LogP contribution in [0, 0.1) is 0 Å². The molecule has 3 N–H and O–H groups in total. The molecular formula is C19H12Cl4O5S. The lowest BCUT2D eigenvalue weighted by atomic mass is 9.83. The fourth-order valence-corrected chi connectivity index (χ4v) is 5.78. The van der Waals surface area contributed by atoms with Crippen molar-refractivity contribution in [2.24, 2.45) is 0 Å². The summed E-state index contributed by atoms with van der Waals surface area (Å²) in [5, 5.41) is 19.4. The summed E-state index contributed by atoms with van der Waals surface area (Å²) >= 11 is 25.0. The highest BCUT2D eigenvalue weighted by Gasteiger charge is 2.53. The van der Waals surface area contributed by atoms with Crippen LogP contribution in [0.3, 0.4) is 0 Å². The Kier molecular flexibility index (Phi) is 5.98. The molecular weight excluding hydrogens is 482 g/mol. The van der Waals surface area contributed by atoms with Crippen LogP contribution in [0.4, 0.5) is 0 Å². The molecule has 0 heterocycles. The van der Waals surface area contributed by atoms with Gasteiger partial charge in [0.2, 0.25) is 0 Å². The van der Waals surface area contributed by atoms with Gasteiger partial charge in [0.1, 0.15) is 11.5 Å². The van der Waals surface area contributed by atoms with E-state index in [9.17, 15) is 23.2 Å². The minimum absolute atomic E-state index is 0.00521. The Bertz CT molecular complexity index is 1170. The van der Waals surface area contributed by atoms with Crippen molar-refractivity contribution in [3.05, 3.63) is 91.4 Å². The summed E-state index contributed by atoms with van der Waals surface area (Å²) in [7, 11) is -5.13. The molecule has 0 aliphatic carbocycles. The standard InChI is InChI=1S/C19H12Cl4O5S/c20-13-9-14(21)18(23)16(17(13)22)19(29(26,27)28,10-4-2-1-3-5-10)12-7-6-11(24)8-15(12)25/h1-9,24-25H,(H,26,27,28). The Morgan fingerprint density at radius 1 is 0.793 bits per heavy atom. The summed E-state index contributed by atoms with van der Waals surface area (Å²) in [5.41, 5.74) is -0.648. The highest BCUT2D eigenvalue weighted by atomic mass is 35.5. The van der Waals surface area contributed by atoms with Crippen LogP contribution in [0.1, 0.15) is 16.7 Å². The predicted molar refractivity (Wildman–Crippen MR) is 114 cm³/mol. The van der Waals surface area contributed by atoms with Crippen molar-refractivity contribution < 1.29 is 23.2 Å². The third-order valence-electron chi connectivity index (χ3n) is 4.39. The summed E-state index contributed by atoms with van der Waals surface area (Å²) in [5.74, 6) is -0.959. The average Bonchev–Trinajstić information content (AvgIpc) is 2.64. The molecule has 0 spiro atoms. The van der Waals surface area contributed by atoms with Crippen molar-refractivity contribution in [3.8, 4) is 11.5 Å². The molecule has 0 amide bonds. The Hall–Kier alpha value is -1.67. The van der Waals surface area contributed by atoms with Gasteiger partial charge in [-0.3, -0.25) is 4.55 Å². The van der Waals surface area contributed by atoms with E-state index in [0.717, 1.165) is 18.2 Å². The number of rotatable bonds is 4. The van der Waals surface area contributed by atoms with E-state index in [2.05, 4.69) is 0 Å². The van der Waals surface area contributed by atoms with Gasteiger partial charge in [-0.05, 0) is 23.8 Å². The second kappa shape index (κ2) is 7.87. The molecule has 0 aliphatic rings. The first kappa shape index (κ1) is 22.0. The largest absolute Gasteiger partial charge is 0.508 e. The number of phenols is 2. The van der Waals surface area contributed by atoms with E-state index < -0.39 is 20.6 Å². The molecule has 5 nitrogen and oxygen atoms in total. The van der Waals surface area contributed by atoms with Gasteiger partial charge in [0.25, 0.3) is 10.1 Å². The predicted octanol–water partition coefficient (Wildman–Crippen LogP) is 5.89. The van der Waals surface area contributed by atoms with Crippen molar-refractivity contribution >= 4 is 56.5 Å². The first-order valence-electron chi connectivity index (χ1n) is 7.90. The molecule has 0 saturated heterocycles. The first-order valence-corrected chi connectivity index (χ1v) is 10.9. The molecule has 29 heavy (non-hydrogen) atoms. The Balaban J connectivity index is 2.67. The molecule has 1 atom stereocenters. The fourth-order valence-electron chi connectivity index (χ4n) is 3.22. The topological polar surface area (TPSA) is 94.8 Å². The van der Waals surface area contributed by atoms with E-state index in [1.807, 2.05) is 0 Å². The molecule has 10 heteroatoms. The molecule has 0 aliphatic heterocycles. The van der Waals surface area contributed by atoms with Crippen LogP contribution >= 0.6 is 46.4 Å². The molecule has 0 bridgehead atoms. The number of benzene rings is 3. The summed E-state index contributed by atoms with van der Waals surface area (Å²) < 4.78 is 34.0. The first-order chi connectivity index (χ1) is 13.5. The zero-order valence-electron chi connectivity index (χ0n) is 14.3. The van der Waals surface area contributed by atoms with Crippen LogP contribution in [-0.4, -0.2) is 23.2 Å². The minimum Gasteiger partial charge on any atom is -0.508 e. The molecule has 3 aromatic carbocycles. The monoisotopic (exact) mass is 492 g/mol. The summed E-state index contributed by atoms with van der Waals surface area (Å²) in [6.07, 6.45) is 0. The zero-order chi connectivity index (χ0) is 21.6. The Morgan fingerprint density at radius 2 is 1.34 bits per heavy atom. The normalized spacial score (nSPS) is 13.8. The van der Waals surface area contributed by atoms with Gasteiger partial charge < -0.3 is 10.2 Å². The van der Waals surface area contributed by atoms with Crippen molar-refractivity contribution in [1.29, 1.82) is 0 Å². The van der Waals surface area contributed by atoms with Gasteiger partial charge >= 0.3 is 0 Å². The Morgan fingerprint density at radius 3 is 1.83 bits per heavy atom. The number of hydrogen-bond acceptors (Lipinski definition) is 4. The van der Waals surface area contributed by atoms with Gasteiger partial charge in [-0.1, -0.05) is 76.7 Å². The number of aromatic hydroxyl groups is 2. The van der Waals surface area contributed by atoms with Gasteiger partial charge in [-0.2, -0.15) is 8.42 Å². The van der Waals surface area contributed by atoms with Crippen LogP contribution < -0.4 is 0 Å². The van der Waals surface area contributed by atoms with Crippen molar-refractivity contribution in [1.82, 2.24) is 0 Å². The molecule has 1 unspecified atom stereocenters. The fraction of sp³-hybridized carbons (Fsp3) is 0.0526. The van der Waals surface area contributed by atoms with Gasteiger partial charge in [-0.15, -0.1) is 0 Å². The number of hydrogen-bond donors (Lipinski definition) is 3. The summed E-state index contributed by atoms with van der Waals surface area (Å²) in [4.78, 5) is 0. The van der Waals surface area contributed by atoms with Crippen molar-refractivity contribution in [2.75, 3.05) is 0 Å². The van der Waals surface area contributed by atoms with E-state index in [1.165, 1.54) is 30.3 Å². The van der Waals surface area contributed by atoms with E-state index in [1.54, 1.807) is 6.07 Å². The molecule has 0 saturated carbocycles. The third kappa shape index (κ3) is 3.54. The molecule has 0 radical (unpaired) electrons. The molecule has 152 valence electrons. The van der Waals surface area contributed by atoms with E-state index in [4.69, 9.17) is 46.4 Å². The van der Waals surface area contributed by atoms with Crippen molar-refractivity contribution in [3.63, 3.8) is 0 Å². The maximum Gasteiger partial charge on any atom is 0.283 e. The Labute approximate surface area is 186 Å². The van der Waals surface area contributed by atoms with E-state index >= 15 is 0 Å². The van der Waals surface area contributed by atoms with Crippen LogP contribution in [0.2, 0.25) is 20.1 Å². The lowest BCUT2D eigenvalue weighted by Crippen LogP contribution is -2.39. The van der Waals surface area contributed by atoms with Crippen LogP contribution in [0.5, 0.6) is 11.5 Å². The van der Waals surface area contributed by atoms with Crippen LogP contribution in [0.25, 0.3) is 0 Å². The second-order valence-electron chi connectivity index (χ2n) is 6.07. The SMILES string of the molecule is O=S(=O)(O)C(c1ccccc1)(c1ccc(O)cc1O)c1c(Cl)c(Cl)cc(Cl)c1Cl. The van der Waals surface area contributed by atoms with Crippen molar-refractivity contribution in [2.45, 2.75) is 4.75 Å². The molecule has 0 aromatic heterocycles. The van der Waals surface area contributed by atoms with E-state index in [-0.39, 0.29) is 42.5 Å². The molecule has 3 aromatic rings. The van der Waals surface area contributed by atoms with E-state index in [0.29, 0.717) is 0 Å². The van der Waals surface area contributed by atoms with Gasteiger partial charge in [-0.25, -0.2) is 0 Å². The number of halogens is 4. The molecule has 0 fully saturated rings. The van der Waals surface area contributed by atoms with Crippen LogP contribution in [-0.2, 0) is 14.9 Å². The third-order valence-corrected chi connectivity index (χ3v) is 7.40.